The first kappa shape index (κ1) is 42.1. The number of rotatable bonds is 13. The highest BCUT2D eigenvalue weighted by atomic mass is 32.2. The van der Waals surface area contributed by atoms with Crippen molar-refractivity contribution < 1.29 is 13.1 Å². The molecule has 3 aromatic carbocycles. The molecule has 53 heavy (non-hydrogen) atoms. The number of hydrogen-bond acceptors (Lipinski definition) is 5. The molecule has 0 amide bonds. The van der Waals surface area contributed by atoms with Crippen molar-refractivity contribution in [3.8, 4) is 0 Å². The van der Waals surface area contributed by atoms with Gasteiger partial charge in [-0.2, -0.15) is 0 Å². The monoisotopic (exact) mass is 774 g/mol. The van der Waals surface area contributed by atoms with E-state index in [1.807, 2.05) is 0 Å². The van der Waals surface area contributed by atoms with Gasteiger partial charge in [0.25, 0.3) is 0 Å². The first-order chi connectivity index (χ1) is 24.6. The van der Waals surface area contributed by atoms with Crippen molar-refractivity contribution in [3.63, 3.8) is 0 Å². The van der Waals surface area contributed by atoms with Crippen molar-refractivity contribution in [2.24, 2.45) is 16.2 Å². The van der Waals surface area contributed by atoms with Crippen molar-refractivity contribution in [2.45, 2.75) is 153 Å². The molecule has 292 valence electrons. The molecule has 1 saturated carbocycles. The van der Waals surface area contributed by atoms with E-state index in [2.05, 4.69) is 178 Å². The summed E-state index contributed by atoms with van der Waals surface area (Å²) in [5.41, 5.74) is 3.33. The summed E-state index contributed by atoms with van der Waals surface area (Å²) in [5.74, 6) is 0.872. The third-order valence-corrected chi connectivity index (χ3v) is 24.8. The number of benzene rings is 3. The van der Waals surface area contributed by atoms with E-state index in [0.29, 0.717) is 12.4 Å². The Kier molecular flexibility index (Phi) is 12.6. The highest BCUT2D eigenvalue weighted by Crippen LogP contribution is 2.59. The Hall–Kier alpha value is -2.08. The quantitative estimate of drug-likeness (QED) is 0.162. The predicted octanol–water partition coefficient (Wildman–Crippen LogP) is 12.1. The van der Waals surface area contributed by atoms with E-state index in [-0.39, 0.29) is 45.6 Å². The number of nitrogens with zero attached hydrogens (tertiary/aromatic N) is 2. The molecule has 8 heteroatoms. The molecule has 6 atom stereocenters. The molecule has 1 aliphatic carbocycles. The molecule has 0 N–H and O–H groups in total. The second kappa shape index (κ2) is 15.8. The normalized spacial score (nSPS) is 24.6. The third kappa shape index (κ3) is 8.99. The van der Waals surface area contributed by atoms with Crippen molar-refractivity contribution in [2.75, 3.05) is 12.4 Å². The van der Waals surface area contributed by atoms with Gasteiger partial charge < -0.3 is 8.85 Å². The van der Waals surface area contributed by atoms with Gasteiger partial charge in [-0.05, 0) is 85.2 Å². The molecule has 1 unspecified atom stereocenters. The van der Waals surface area contributed by atoms with E-state index in [1.54, 1.807) is 0 Å². The van der Waals surface area contributed by atoms with Crippen molar-refractivity contribution in [1.82, 2.24) is 4.90 Å². The molecule has 0 spiro atoms. The van der Waals surface area contributed by atoms with Crippen LogP contribution in [0.3, 0.4) is 0 Å². The summed E-state index contributed by atoms with van der Waals surface area (Å²) in [6, 6.07) is 30.1. The van der Waals surface area contributed by atoms with E-state index in [9.17, 15) is 0 Å². The second-order valence-corrected chi connectivity index (χ2v) is 31.3. The number of likely N-dealkylation sites (tertiary alicyclic amines) is 1. The first-order valence-corrected chi connectivity index (χ1v) is 27.6. The zero-order chi connectivity index (χ0) is 39.0. The van der Waals surface area contributed by atoms with Crippen LogP contribution < -0.4 is 0 Å². The van der Waals surface area contributed by atoms with Crippen LogP contribution in [-0.4, -0.2) is 55.8 Å². The predicted molar refractivity (Wildman–Crippen MR) is 230 cm³/mol. The van der Waals surface area contributed by atoms with Crippen LogP contribution in [0.25, 0.3) is 0 Å². The van der Waals surface area contributed by atoms with Crippen LogP contribution in [0.1, 0.15) is 97.4 Å². The smallest absolute Gasteiger partial charge is 0.192 e. The minimum atomic E-state index is -2.93. The van der Waals surface area contributed by atoms with Crippen LogP contribution in [0.2, 0.25) is 36.3 Å². The standard InChI is InChI=1S/C45H70N2O3SSi2/c1-34(2)40(32-49-52(10,11)43(4,5)6)46-51(48,38-28-26-35(3)27-29-38)33-45-30-20-25-39(45)42(50-53(12,13)44(7,8)9)41(37-23-18-15-19-24-37)47(45)31-36-21-16-14-17-22-36/h14-19,21-24,26-29,34,39-42H,20,25,30-33H2,1-13H3/t39-,40+,41-,42+,45+,51?/m0/s1. The molecule has 0 bridgehead atoms. The van der Waals surface area contributed by atoms with Crippen LogP contribution in [0.5, 0.6) is 0 Å². The van der Waals surface area contributed by atoms with Gasteiger partial charge in [-0.25, -0.2) is 8.57 Å². The third-order valence-electron chi connectivity index (χ3n) is 13.3. The Morgan fingerprint density at radius 2 is 1.42 bits per heavy atom. The van der Waals surface area contributed by atoms with Crippen LogP contribution in [0.15, 0.2) is 94.2 Å². The van der Waals surface area contributed by atoms with Gasteiger partial charge in [0, 0.05) is 22.9 Å². The molecule has 1 saturated heterocycles. The van der Waals surface area contributed by atoms with Gasteiger partial charge >= 0.3 is 0 Å². The van der Waals surface area contributed by atoms with Gasteiger partial charge in [0.05, 0.1) is 40.3 Å². The van der Waals surface area contributed by atoms with Crippen molar-refractivity contribution in [1.29, 1.82) is 0 Å². The molecule has 5 rings (SSSR count). The summed E-state index contributed by atoms with van der Waals surface area (Å²) in [6.45, 7) is 31.0. The highest BCUT2D eigenvalue weighted by molar-refractivity contribution is 7.93. The van der Waals surface area contributed by atoms with E-state index < -0.39 is 26.4 Å². The summed E-state index contributed by atoms with van der Waals surface area (Å²) >= 11 is 0. The van der Waals surface area contributed by atoms with Crippen molar-refractivity contribution >= 4 is 26.4 Å². The molecule has 3 aromatic rings. The van der Waals surface area contributed by atoms with Crippen LogP contribution in [0.4, 0.5) is 0 Å². The number of hydrogen-bond donors (Lipinski definition) is 0. The topological polar surface area (TPSA) is 51.1 Å². The Morgan fingerprint density at radius 3 is 1.96 bits per heavy atom. The SMILES string of the molecule is Cc1ccc(S(=O)(C[C@]23CCC[C@H]2[C@@H](O[Si](C)(C)C(C)(C)C)[C@H](c2ccccc2)N3Cc2ccccc2)=N[C@H](CO[Si](C)(C)C(C)(C)C)C(C)C)cc1. The Morgan fingerprint density at radius 1 is 0.849 bits per heavy atom. The maximum absolute atomic E-state index is 16.4. The van der Waals surface area contributed by atoms with Gasteiger partial charge in [-0.3, -0.25) is 4.90 Å². The molecule has 2 fully saturated rings. The van der Waals surface area contributed by atoms with Gasteiger partial charge in [0.1, 0.15) is 0 Å². The minimum absolute atomic E-state index is 0.0195. The Balaban J connectivity index is 1.72. The molecule has 5 nitrogen and oxygen atoms in total. The number of fused-ring (bicyclic) bond motifs is 1. The molecule has 0 aromatic heterocycles. The number of aryl methyl sites for hydroxylation is 1. The Bertz CT molecular complexity index is 1770. The minimum Gasteiger partial charge on any atom is -0.415 e. The van der Waals surface area contributed by atoms with Gasteiger partial charge in [0.2, 0.25) is 0 Å². The fraction of sp³-hybridized carbons (Fsp3) is 0.600. The van der Waals surface area contributed by atoms with Crippen LogP contribution in [-0.2, 0) is 25.1 Å². The summed E-state index contributed by atoms with van der Waals surface area (Å²) < 4.78 is 36.4. The zero-order valence-electron chi connectivity index (χ0n) is 35.2. The lowest BCUT2D eigenvalue weighted by Crippen LogP contribution is -2.51. The lowest BCUT2D eigenvalue weighted by atomic mass is 9.87. The average molecular weight is 775 g/mol. The van der Waals surface area contributed by atoms with E-state index in [0.717, 1.165) is 36.3 Å². The highest BCUT2D eigenvalue weighted by Gasteiger charge is 2.63. The fourth-order valence-electron chi connectivity index (χ4n) is 7.91. The first-order valence-electron chi connectivity index (χ1n) is 20.1. The molecule has 1 aliphatic heterocycles. The van der Waals surface area contributed by atoms with Gasteiger partial charge in [-0.15, -0.1) is 0 Å². The van der Waals surface area contributed by atoms with Crippen LogP contribution in [0, 0.1) is 18.8 Å². The summed E-state index contributed by atoms with van der Waals surface area (Å²) in [5, 5.41) is 0.137. The van der Waals surface area contributed by atoms with E-state index in [1.165, 1.54) is 11.1 Å². The molecule has 2 aliphatic rings. The molecule has 0 radical (unpaired) electrons. The summed E-state index contributed by atoms with van der Waals surface area (Å²) in [4.78, 5) is 3.58. The molecule has 1 heterocycles. The maximum Gasteiger partial charge on any atom is 0.192 e. The maximum atomic E-state index is 16.4. The largest absolute Gasteiger partial charge is 0.415 e. The van der Waals surface area contributed by atoms with Gasteiger partial charge in [-0.1, -0.05) is 140 Å². The van der Waals surface area contributed by atoms with Gasteiger partial charge in [0.15, 0.2) is 16.6 Å². The zero-order valence-corrected chi connectivity index (χ0v) is 38.1. The Labute approximate surface area is 326 Å². The fourth-order valence-corrected chi connectivity index (χ4v) is 13.1. The van der Waals surface area contributed by atoms with E-state index in [4.69, 9.17) is 13.2 Å². The van der Waals surface area contributed by atoms with Crippen molar-refractivity contribution in [3.05, 3.63) is 102 Å². The summed E-state index contributed by atoms with van der Waals surface area (Å²) in [7, 11) is -7.19. The summed E-state index contributed by atoms with van der Waals surface area (Å²) in [6.07, 6.45) is 3.09. The van der Waals surface area contributed by atoms with E-state index >= 15 is 4.21 Å². The lowest BCUT2D eigenvalue weighted by molar-refractivity contribution is 0.0802. The lowest BCUT2D eigenvalue weighted by Gasteiger charge is -2.42. The molecular formula is C45H70N2O3SSi2. The second-order valence-electron chi connectivity index (χ2n) is 19.5. The average Bonchev–Trinajstić information content (AvgIpc) is 3.58. The van der Waals surface area contributed by atoms with Crippen LogP contribution >= 0.6 is 0 Å². The molecular weight excluding hydrogens is 705 g/mol.